The lowest BCUT2D eigenvalue weighted by atomic mass is 10.1. The van der Waals surface area contributed by atoms with Crippen molar-refractivity contribution in [3.05, 3.63) is 77.1 Å². The summed E-state index contributed by atoms with van der Waals surface area (Å²) < 4.78 is 47.0. The molecule has 0 aliphatic carbocycles. The second-order valence-electron chi connectivity index (χ2n) is 11.3. The number of halogens is 1. The van der Waals surface area contributed by atoms with Crippen LogP contribution in [0.5, 0.6) is 17.4 Å². The number of rotatable bonds is 13. The molecule has 2 atom stereocenters. The zero-order chi connectivity index (χ0) is 31.4. The molecule has 2 aromatic heterocycles. The van der Waals surface area contributed by atoms with Crippen molar-refractivity contribution in [2.24, 2.45) is 0 Å². The molecule has 4 aromatic rings. The molecule has 2 aromatic carbocycles. The van der Waals surface area contributed by atoms with Crippen molar-refractivity contribution in [3.8, 4) is 34.6 Å². The Balaban J connectivity index is 1.95. The molecule has 0 aliphatic rings. The molecular weight excluding hydrogens is 608 g/mol. The van der Waals surface area contributed by atoms with Crippen LogP contribution in [-0.4, -0.2) is 68.4 Å². The molecule has 1 unspecified atom stereocenters. The number of pyridine rings is 1. The van der Waals surface area contributed by atoms with E-state index in [1.54, 1.807) is 65.2 Å². The van der Waals surface area contributed by atoms with E-state index in [4.69, 9.17) is 25.8 Å². The minimum absolute atomic E-state index is 0.170. The second-order valence-corrected chi connectivity index (χ2v) is 19.6. The minimum atomic E-state index is -4.02. The summed E-state index contributed by atoms with van der Waals surface area (Å²) in [7, 11) is -1.19. The number of hydrogen-bond donors (Lipinski definition) is 1. The maximum atomic E-state index is 14.3. The van der Waals surface area contributed by atoms with Gasteiger partial charge in [-0.05, 0) is 42.3 Å². The maximum Gasteiger partial charge on any atom is 0.213 e. The number of ether oxygens (including phenoxy) is 3. The Morgan fingerprint density at radius 1 is 0.907 bits per heavy atom. The standard InChI is InChI=1S/C30H37ClN4O6SSi/c1-39-24-10-8-11-25(40-2)28(24)35-29(22-9-7-12-27(32-22)41-3)33-34-30(35)26(17-18-43(4,5)6)42(37,38)19-23(36)20-13-15-21(31)16-14-20/h7-16,23,26,36H,17-19H2,1-6H3/t23-,26?/m0/s1. The predicted molar refractivity (Wildman–Crippen MR) is 170 cm³/mol. The molecule has 1 N–H and O–H groups in total. The van der Waals surface area contributed by atoms with Crippen LogP contribution in [0.1, 0.15) is 29.2 Å². The fourth-order valence-electron chi connectivity index (χ4n) is 4.75. The molecule has 0 fully saturated rings. The molecule has 10 nitrogen and oxygen atoms in total. The van der Waals surface area contributed by atoms with Crippen LogP contribution in [-0.2, 0) is 9.84 Å². The lowest BCUT2D eigenvalue weighted by molar-refractivity contribution is 0.201. The average molecular weight is 645 g/mol. The van der Waals surface area contributed by atoms with E-state index in [9.17, 15) is 13.5 Å². The first-order chi connectivity index (χ1) is 20.4. The number of aromatic nitrogens is 4. The minimum Gasteiger partial charge on any atom is -0.494 e. The van der Waals surface area contributed by atoms with Crippen LogP contribution < -0.4 is 14.2 Å². The normalized spacial score (nSPS) is 13.4. The van der Waals surface area contributed by atoms with Gasteiger partial charge in [0, 0.05) is 19.2 Å². The lowest BCUT2D eigenvalue weighted by Gasteiger charge is -2.25. The first-order valence-corrected chi connectivity index (χ1v) is 19.5. The third kappa shape index (κ3) is 7.56. The Bertz CT molecular complexity index is 1640. The summed E-state index contributed by atoms with van der Waals surface area (Å²) in [5.41, 5.74) is 1.29. The Morgan fingerprint density at radius 3 is 2.12 bits per heavy atom. The molecule has 0 radical (unpaired) electrons. The summed E-state index contributed by atoms with van der Waals surface area (Å²) in [5.74, 6) is 1.13. The quantitative estimate of drug-likeness (QED) is 0.176. The van der Waals surface area contributed by atoms with E-state index in [0.29, 0.717) is 45.4 Å². The number of aliphatic hydroxyl groups excluding tert-OH is 1. The van der Waals surface area contributed by atoms with Gasteiger partial charge >= 0.3 is 0 Å². The van der Waals surface area contributed by atoms with Gasteiger partial charge in [0.05, 0.1) is 33.2 Å². The van der Waals surface area contributed by atoms with Crippen molar-refractivity contribution < 1.29 is 27.7 Å². The molecule has 0 aliphatic heterocycles. The molecular formula is C30H37ClN4O6SSi. The van der Waals surface area contributed by atoms with E-state index in [2.05, 4.69) is 34.8 Å². The van der Waals surface area contributed by atoms with Gasteiger partial charge in [-0.3, -0.25) is 4.57 Å². The van der Waals surface area contributed by atoms with Crippen LogP contribution in [0.2, 0.25) is 30.7 Å². The molecule has 230 valence electrons. The third-order valence-electron chi connectivity index (χ3n) is 7.00. The number of nitrogens with zero attached hydrogens (tertiary/aromatic N) is 4. The molecule has 13 heteroatoms. The van der Waals surface area contributed by atoms with E-state index in [1.165, 1.54) is 21.3 Å². The number of para-hydroxylation sites is 1. The number of benzene rings is 2. The number of sulfone groups is 1. The molecule has 0 saturated carbocycles. The average Bonchev–Trinajstić information content (AvgIpc) is 3.40. The van der Waals surface area contributed by atoms with Crippen LogP contribution >= 0.6 is 11.6 Å². The van der Waals surface area contributed by atoms with Crippen LogP contribution in [0.15, 0.2) is 60.7 Å². The van der Waals surface area contributed by atoms with Crippen molar-refractivity contribution in [1.29, 1.82) is 0 Å². The largest absolute Gasteiger partial charge is 0.494 e. The Hall–Kier alpha value is -3.45. The van der Waals surface area contributed by atoms with Crippen molar-refractivity contribution in [1.82, 2.24) is 19.7 Å². The van der Waals surface area contributed by atoms with E-state index < -0.39 is 35.0 Å². The second kappa shape index (κ2) is 13.5. The SMILES string of the molecule is COc1cccc(-c2nnc(C(CC[Si](C)(C)C)S(=O)(=O)C[C@H](O)c3ccc(Cl)cc3)n2-c2c(OC)cccc2OC)n1. The fraction of sp³-hybridized carbons (Fsp3) is 0.367. The van der Waals surface area contributed by atoms with Gasteiger partial charge in [0.1, 0.15) is 28.1 Å². The Morgan fingerprint density at radius 2 is 1.53 bits per heavy atom. The van der Waals surface area contributed by atoms with E-state index >= 15 is 0 Å². The van der Waals surface area contributed by atoms with Crippen molar-refractivity contribution >= 4 is 29.5 Å². The van der Waals surface area contributed by atoms with Crippen LogP contribution in [0.25, 0.3) is 17.2 Å². The highest BCUT2D eigenvalue weighted by Gasteiger charge is 2.37. The van der Waals surface area contributed by atoms with Crippen LogP contribution in [0, 0.1) is 0 Å². The summed E-state index contributed by atoms with van der Waals surface area (Å²) >= 11 is 6.01. The van der Waals surface area contributed by atoms with E-state index in [1.807, 2.05) is 0 Å². The summed E-state index contributed by atoms with van der Waals surface area (Å²) in [4.78, 5) is 4.55. The Kier molecular flexibility index (Phi) is 10.2. The lowest BCUT2D eigenvalue weighted by Crippen LogP contribution is -2.27. The summed E-state index contributed by atoms with van der Waals surface area (Å²) in [5, 5.41) is 19.4. The van der Waals surface area contributed by atoms with Gasteiger partial charge < -0.3 is 19.3 Å². The number of methoxy groups -OCH3 is 3. The predicted octanol–water partition coefficient (Wildman–Crippen LogP) is 5.93. The van der Waals surface area contributed by atoms with Gasteiger partial charge in [0.25, 0.3) is 0 Å². The topological polar surface area (TPSA) is 126 Å². The summed E-state index contributed by atoms with van der Waals surface area (Å²) in [6.45, 7) is 6.54. The summed E-state index contributed by atoms with van der Waals surface area (Å²) in [6.07, 6.45) is -0.986. The molecule has 0 spiro atoms. The van der Waals surface area contributed by atoms with E-state index in [0.717, 1.165) is 0 Å². The summed E-state index contributed by atoms with van der Waals surface area (Å²) in [6, 6.07) is 17.7. The molecule has 0 saturated heterocycles. The number of hydrogen-bond acceptors (Lipinski definition) is 9. The van der Waals surface area contributed by atoms with Crippen molar-refractivity contribution in [3.63, 3.8) is 0 Å². The maximum absolute atomic E-state index is 14.3. The molecule has 43 heavy (non-hydrogen) atoms. The molecule has 0 amide bonds. The molecule has 0 bridgehead atoms. The van der Waals surface area contributed by atoms with Gasteiger partial charge in [-0.15, -0.1) is 10.2 Å². The molecule has 4 rings (SSSR count). The first kappa shape index (κ1) is 32.5. The van der Waals surface area contributed by atoms with E-state index in [-0.39, 0.29) is 18.1 Å². The zero-order valence-corrected chi connectivity index (χ0v) is 27.7. The number of aliphatic hydroxyl groups is 1. The third-order valence-corrected chi connectivity index (χ3v) is 11.1. The smallest absolute Gasteiger partial charge is 0.213 e. The van der Waals surface area contributed by atoms with Crippen molar-refractivity contribution in [2.45, 2.75) is 43.5 Å². The van der Waals surface area contributed by atoms with Gasteiger partial charge in [-0.25, -0.2) is 13.4 Å². The van der Waals surface area contributed by atoms with Gasteiger partial charge in [0.2, 0.25) is 5.88 Å². The Labute approximate surface area is 258 Å². The van der Waals surface area contributed by atoms with Gasteiger partial charge in [-0.2, -0.15) is 0 Å². The first-order valence-electron chi connectivity index (χ1n) is 13.7. The monoisotopic (exact) mass is 644 g/mol. The van der Waals surface area contributed by atoms with Crippen molar-refractivity contribution in [2.75, 3.05) is 27.1 Å². The fourth-order valence-corrected chi connectivity index (χ4v) is 8.05. The van der Waals surface area contributed by atoms with Crippen LogP contribution in [0.3, 0.4) is 0 Å². The highest BCUT2D eigenvalue weighted by atomic mass is 35.5. The van der Waals surface area contributed by atoms with Gasteiger partial charge in [0.15, 0.2) is 21.5 Å². The zero-order valence-electron chi connectivity index (χ0n) is 25.1. The van der Waals surface area contributed by atoms with Gasteiger partial charge in [-0.1, -0.05) is 61.6 Å². The highest BCUT2D eigenvalue weighted by Crippen LogP contribution is 2.41. The van der Waals surface area contributed by atoms with Crippen LogP contribution in [0.4, 0.5) is 0 Å². The highest BCUT2D eigenvalue weighted by molar-refractivity contribution is 7.91. The molecule has 2 heterocycles.